The second-order valence-corrected chi connectivity index (χ2v) is 4.64. The molecule has 0 fully saturated rings. The average molecular weight is 248 g/mol. The fraction of sp³-hybridized carbons (Fsp3) is 0.333. The maximum absolute atomic E-state index is 4.50. The van der Waals surface area contributed by atoms with Gasteiger partial charge >= 0.3 is 0 Å². The highest BCUT2D eigenvalue weighted by Gasteiger charge is 2.08. The summed E-state index contributed by atoms with van der Waals surface area (Å²) in [7, 11) is 1.85. The second-order valence-electron chi connectivity index (χ2n) is 3.61. The van der Waals surface area contributed by atoms with Crippen LogP contribution in [0.25, 0.3) is 0 Å². The van der Waals surface area contributed by atoms with Gasteiger partial charge in [0, 0.05) is 18.5 Å². The van der Waals surface area contributed by atoms with Crippen LogP contribution in [0.15, 0.2) is 29.9 Å². The van der Waals surface area contributed by atoms with Gasteiger partial charge in [0.25, 0.3) is 0 Å². The highest BCUT2D eigenvalue weighted by atomic mass is 32.1. The molecular formula is C12H16N4S. The van der Waals surface area contributed by atoms with Crippen LogP contribution < -0.4 is 10.2 Å². The fourth-order valence-electron chi connectivity index (χ4n) is 1.57. The Bertz CT molecular complexity index is 455. The van der Waals surface area contributed by atoms with Gasteiger partial charge in [0.15, 0.2) is 0 Å². The molecule has 0 radical (unpaired) electrons. The Kier molecular flexibility index (Phi) is 3.93. The Hall–Kier alpha value is -1.62. The van der Waals surface area contributed by atoms with E-state index in [1.807, 2.05) is 7.05 Å². The van der Waals surface area contributed by atoms with Gasteiger partial charge in [-0.15, -0.1) is 11.3 Å². The number of hydrogen-bond donors (Lipinski definition) is 1. The summed E-state index contributed by atoms with van der Waals surface area (Å²) in [5.74, 6) is 1.71. The molecule has 90 valence electrons. The van der Waals surface area contributed by atoms with E-state index in [0.717, 1.165) is 24.7 Å². The summed E-state index contributed by atoms with van der Waals surface area (Å²) in [4.78, 5) is 12.2. The van der Waals surface area contributed by atoms with E-state index in [1.54, 1.807) is 23.7 Å². The van der Waals surface area contributed by atoms with Crippen LogP contribution in [0.3, 0.4) is 0 Å². The molecule has 0 saturated heterocycles. The minimum Gasteiger partial charge on any atom is -0.372 e. The third-order valence-corrected chi connectivity index (χ3v) is 3.37. The molecular weight excluding hydrogens is 232 g/mol. The molecule has 0 aliphatic carbocycles. The van der Waals surface area contributed by atoms with Gasteiger partial charge in [-0.1, -0.05) is 6.07 Å². The fourth-order valence-corrected chi connectivity index (χ4v) is 2.29. The molecule has 0 aromatic carbocycles. The van der Waals surface area contributed by atoms with Crippen LogP contribution >= 0.6 is 11.3 Å². The summed E-state index contributed by atoms with van der Waals surface area (Å²) in [6.45, 7) is 3.93. The van der Waals surface area contributed by atoms with E-state index in [-0.39, 0.29) is 0 Å². The molecule has 2 aromatic heterocycles. The first kappa shape index (κ1) is 11.9. The molecule has 0 aliphatic rings. The minimum absolute atomic E-state index is 0.798. The molecule has 4 nitrogen and oxygen atoms in total. The Morgan fingerprint density at radius 1 is 1.41 bits per heavy atom. The van der Waals surface area contributed by atoms with E-state index in [0.29, 0.717) is 0 Å². The summed E-state index contributed by atoms with van der Waals surface area (Å²) in [5, 5.41) is 5.10. The third-order valence-electron chi connectivity index (χ3n) is 2.51. The quantitative estimate of drug-likeness (QED) is 0.883. The molecule has 17 heavy (non-hydrogen) atoms. The van der Waals surface area contributed by atoms with Crippen molar-refractivity contribution >= 4 is 23.0 Å². The van der Waals surface area contributed by atoms with Crippen molar-refractivity contribution in [3.63, 3.8) is 0 Å². The topological polar surface area (TPSA) is 41.1 Å². The van der Waals surface area contributed by atoms with Gasteiger partial charge in [-0.2, -0.15) is 0 Å². The molecule has 0 saturated carbocycles. The summed E-state index contributed by atoms with van der Waals surface area (Å²) in [5.41, 5.74) is 0. The molecule has 0 spiro atoms. The molecule has 0 aliphatic heterocycles. The summed E-state index contributed by atoms with van der Waals surface area (Å²) < 4.78 is 0. The van der Waals surface area contributed by atoms with Gasteiger partial charge in [-0.25, -0.2) is 4.98 Å². The van der Waals surface area contributed by atoms with Crippen LogP contribution in [0.5, 0.6) is 0 Å². The summed E-state index contributed by atoms with van der Waals surface area (Å²) in [6.07, 6.45) is 3.53. The van der Waals surface area contributed by atoms with Crippen molar-refractivity contribution in [2.45, 2.75) is 13.5 Å². The van der Waals surface area contributed by atoms with Crippen molar-refractivity contribution in [2.75, 3.05) is 23.8 Å². The molecule has 0 bridgehead atoms. The van der Waals surface area contributed by atoms with Crippen molar-refractivity contribution in [3.8, 4) is 0 Å². The predicted octanol–water partition coefficient (Wildman–Crippen LogP) is 2.61. The standard InChI is InChI=1S/C12H16N4S/c1-3-16(9-10-5-4-6-17-10)12-8-14-7-11(13-2)15-12/h4-8H,3,9H2,1-2H3,(H,13,15). The first-order valence-electron chi connectivity index (χ1n) is 5.60. The highest BCUT2D eigenvalue weighted by Crippen LogP contribution is 2.17. The van der Waals surface area contributed by atoms with E-state index in [4.69, 9.17) is 0 Å². The SMILES string of the molecule is CCN(Cc1cccs1)c1cncc(NC)n1. The minimum atomic E-state index is 0.798. The Labute approximate surface area is 105 Å². The first-order chi connectivity index (χ1) is 8.33. The maximum Gasteiger partial charge on any atom is 0.149 e. The van der Waals surface area contributed by atoms with Crippen molar-refractivity contribution < 1.29 is 0 Å². The zero-order chi connectivity index (χ0) is 12.1. The van der Waals surface area contributed by atoms with Crippen molar-refractivity contribution in [1.82, 2.24) is 9.97 Å². The maximum atomic E-state index is 4.50. The van der Waals surface area contributed by atoms with Crippen molar-refractivity contribution in [1.29, 1.82) is 0 Å². The lowest BCUT2D eigenvalue weighted by atomic mass is 10.4. The molecule has 1 N–H and O–H groups in total. The van der Waals surface area contributed by atoms with Crippen molar-refractivity contribution in [2.24, 2.45) is 0 Å². The Morgan fingerprint density at radius 3 is 2.94 bits per heavy atom. The number of aromatic nitrogens is 2. The molecule has 0 atom stereocenters. The molecule has 0 amide bonds. The van der Waals surface area contributed by atoms with E-state index >= 15 is 0 Å². The summed E-state index contributed by atoms with van der Waals surface area (Å²) >= 11 is 1.77. The third kappa shape index (κ3) is 2.94. The second kappa shape index (κ2) is 5.63. The molecule has 0 unspecified atom stereocenters. The zero-order valence-electron chi connectivity index (χ0n) is 10.1. The van der Waals surface area contributed by atoms with E-state index in [9.17, 15) is 0 Å². The summed E-state index contributed by atoms with van der Waals surface area (Å²) in [6, 6.07) is 4.21. The predicted molar refractivity (Wildman–Crippen MR) is 72.6 cm³/mol. The normalized spacial score (nSPS) is 10.2. The molecule has 2 aromatic rings. The van der Waals surface area contributed by atoms with Gasteiger partial charge in [-0.3, -0.25) is 4.98 Å². The van der Waals surface area contributed by atoms with Gasteiger partial charge in [0.1, 0.15) is 11.6 Å². The Balaban J connectivity index is 2.16. The lowest BCUT2D eigenvalue weighted by Crippen LogP contribution is -2.23. The van der Waals surface area contributed by atoms with Gasteiger partial charge in [0.2, 0.25) is 0 Å². The number of nitrogens with zero attached hydrogens (tertiary/aromatic N) is 3. The smallest absolute Gasteiger partial charge is 0.149 e. The van der Waals surface area contributed by atoms with Crippen molar-refractivity contribution in [3.05, 3.63) is 34.8 Å². The lowest BCUT2D eigenvalue weighted by molar-refractivity contribution is 0.819. The number of nitrogens with one attached hydrogen (secondary N) is 1. The number of hydrogen-bond acceptors (Lipinski definition) is 5. The molecule has 2 heterocycles. The van der Waals surface area contributed by atoms with Crippen LogP contribution in [-0.2, 0) is 6.54 Å². The zero-order valence-corrected chi connectivity index (χ0v) is 10.9. The first-order valence-corrected chi connectivity index (χ1v) is 6.48. The van der Waals surface area contributed by atoms with Gasteiger partial charge in [0.05, 0.1) is 18.9 Å². The van der Waals surface area contributed by atoms with Crippen LogP contribution in [0, 0.1) is 0 Å². The molecule has 5 heteroatoms. The van der Waals surface area contributed by atoms with Crippen LogP contribution in [-0.4, -0.2) is 23.6 Å². The number of thiophene rings is 1. The number of rotatable bonds is 5. The van der Waals surface area contributed by atoms with Crippen LogP contribution in [0.2, 0.25) is 0 Å². The lowest BCUT2D eigenvalue weighted by Gasteiger charge is -2.21. The molecule has 2 rings (SSSR count). The van der Waals surface area contributed by atoms with E-state index < -0.39 is 0 Å². The number of anilines is 2. The highest BCUT2D eigenvalue weighted by molar-refractivity contribution is 7.09. The van der Waals surface area contributed by atoms with Gasteiger partial charge in [-0.05, 0) is 18.4 Å². The Morgan fingerprint density at radius 2 is 2.29 bits per heavy atom. The van der Waals surface area contributed by atoms with Crippen LogP contribution in [0.4, 0.5) is 11.6 Å². The monoisotopic (exact) mass is 248 g/mol. The average Bonchev–Trinajstić information content (AvgIpc) is 2.89. The van der Waals surface area contributed by atoms with Gasteiger partial charge < -0.3 is 10.2 Å². The van der Waals surface area contributed by atoms with Crippen LogP contribution in [0.1, 0.15) is 11.8 Å². The van der Waals surface area contributed by atoms with E-state index in [1.165, 1.54) is 4.88 Å². The largest absolute Gasteiger partial charge is 0.372 e. The van der Waals surface area contributed by atoms with E-state index in [2.05, 4.69) is 44.6 Å².